The second-order valence-electron chi connectivity index (χ2n) is 10.6. The maximum absolute atomic E-state index is 15.3. The Morgan fingerprint density at radius 1 is 0.850 bits per heavy atom. The van der Waals surface area contributed by atoms with Crippen LogP contribution in [0.4, 0.5) is 14.5 Å². The molecule has 0 N–H and O–H groups in total. The van der Waals surface area contributed by atoms with Gasteiger partial charge in [-0.2, -0.15) is 0 Å². The summed E-state index contributed by atoms with van der Waals surface area (Å²) in [5.74, 6) is -1.32. The van der Waals surface area contributed by atoms with Crippen molar-refractivity contribution in [1.82, 2.24) is 19.8 Å². The summed E-state index contributed by atoms with van der Waals surface area (Å²) in [6.45, 7) is 4.48. The minimum absolute atomic E-state index is 0.00358. The highest BCUT2D eigenvalue weighted by molar-refractivity contribution is 7.91. The third-order valence-corrected chi connectivity index (χ3v) is 9.46. The van der Waals surface area contributed by atoms with Gasteiger partial charge >= 0.3 is 0 Å². The molecule has 0 atom stereocenters. The van der Waals surface area contributed by atoms with Gasteiger partial charge in [-0.1, -0.05) is 24.3 Å². The minimum Gasteiger partial charge on any atom is -0.369 e. The van der Waals surface area contributed by atoms with Crippen molar-refractivity contribution in [3.8, 4) is 22.4 Å². The Hall–Kier alpha value is -3.47. The average Bonchev–Trinajstić information content (AvgIpc) is 2.95. The molecule has 3 heterocycles. The van der Waals surface area contributed by atoms with Crippen LogP contribution in [0.5, 0.6) is 0 Å². The summed E-state index contributed by atoms with van der Waals surface area (Å²) < 4.78 is 54.0. The molecular weight excluding hydrogens is 532 g/mol. The van der Waals surface area contributed by atoms with Crippen LogP contribution in [0.2, 0.25) is 0 Å². The van der Waals surface area contributed by atoms with Crippen LogP contribution in [0.3, 0.4) is 0 Å². The lowest BCUT2D eigenvalue weighted by Gasteiger charge is -2.34. The normalized spacial score (nSPS) is 18.3. The zero-order valence-corrected chi connectivity index (χ0v) is 23.2. The van der Waals surface area contributed by atoms with E-state index in [0.29, 0.717) is 27.9 Å². The molecule has 2 saturated heterocycles. The minimum atomic E-state index is -3.07. The Bertz CT molecular complexity index is 1640. The van der Waals surface area contributed by atoms with Crippen molar-refractivity contribution in [1.29, 1.82) is 0 Å². The molecular formula is C30H31F2N5O2S. The molecule has 0 amide bonds. The number of sulfone groups is 1. The summed E-state index contributed by atoms with van der Waals surface area (Å²) in [5, 5.41) is 0. The number of rotatable bonds is 5. The van der Waals surface area contributed by atoms with Gasteiger partial charge in [0.15, 0.2) is 9.84 Å². The fourth-order valence-corrected chi connectivity index (χ4v) is 6.65. The number of para-hydroxylation sites is 1. The number of fused-ring (bicyclic) bond motifs is 1. The zero-order chi connectivity index (χ0) is 27.9. The smallest absolute Gasteiger partial charge is 0.152 e. The Kier molecular flexibility index (Phi) is 7.24. The highest BCUT2D eigenvalue weighted by Crippen LogP contribution is 2.32. The lowest BCUT2D eigenvalue weighted by atomic mass is 10.0. The van der Waals surface area contributed by atoms with Gasteiger partial charge in [0.1, 0.15) is 11.6 Å². The van der Waals surface area contributed by atoms with Gasteiger partial charge in [-0.25, -0.2) is 22.2 Å². The fourth-order valence-electron chi connectivity index (χ4n) is 5.37. The number of nitrogens with zero attached hydrogens (tertiary/aromatic N) is 5. The van der Waals surface area contributed by atoms with Crippen molar-refractivity contribution < 1.29 is 17.2 Å². The van der Waals surface area contributed by atoms with Crippen LogP contribution in [0.25, 0.3) is 33.4 Å². The highest BCUT2D eigenvalue weighted by atomic mass is 32.2. The molecule has 3 aromatic carbocycles. The first kappa shape index (κ1) is 26.7. The summed E-state index contributed by atoms with van der Waals surface area (Å²) in [6, 6.07) is 16.3. The number of likely N-dealkylation sites (N-methyl/N-ethyl adjacent to an activating group) is 1. The van der Waals surface area contributed by atoms with Crippen LogP contribution in [0.15, 0.2) is 60.8 Å². The molecule has 2 fully saturated rings. The number of benzene rings is 3. The molecule has 2 aliphatic heterocycles. The molecule has 208 valence electrons. The van der Waals surface area contributed by atoms with Crippen molar-refractivity contribution in [3.63, 3.8) is 0 Å². The summed E-state index contributed by atoms with van der Waals surface area (Å²) in [7, 11) is -0.942. The molecule has 10 heteroatoms. The van der Waals surface area contributed by atoms with E-state index >= 15 is 8.78 Å². The predicted molar refractivity (Wildman–Crippen MR) is 154 cm³/mol. The molecule has 6 rings (SSSR count). The van der Waals surface area contributed by atoms with E-state index in [-0.39, 0.29) is 36.7 Å². The van der Waals surface area contributed by atoms with Gasteiger partial charge in [-0.05, 0) is 42.9 Å². The number of anilines is 1. The Morgan fingerprint density at radius 3 is 2.27 bits per heavy atom. The lowest BCUT2D eigenvalue weighted by molar-refractivity contribution is 0.278. The van der Waals surface area contributed by atoms with E-state index in [9.17, 15) is 8.42 Å². The molecule has 2 aliphatic rings. The van der Waals surface area contributed by atoms with E-state index in [1.807, 2.05) is 18.2 Å². The molecule has 40 heavy (non-hydrogen) atoms. The van der Waals surface area contributed by atoms with Gasteiger partial charge in [0.05, 0.1) is 34.4 Å². The monoisotopic (exact) mass is 563 g/mol. The number of hydrogen-bond donors (Lipinski definition) is 0. The second kappa shape index (κ2) is 10.8. The summed E-state index contributed by atoms with van der Waals surface area (Å²) in [4.78, 5) is 16.0. The number of halogens is 2. The summed E-state index contributed by atoms with van der Waals surface area (Å²) in [6.07, 6.45) is 1.73. The van der Waals surface area contributed by atoms with Crippen LogP contribution in [-0.2, 0) is 16.4 Å². The topological polar surface area (TPSA) is 69.6 Å². The van der Waals surface area contributed by atoms with E-state index in [2.05, 4.69) is 34.0 Å². The summed E-state index contributed by atoms with van der Waals surface area (Å²) >= 11 is 0. The first-order valence-corrected chi connectivity index (χ1v) is 15.3. The summed E-state index contributed by atoms with van der Waals surface area (Å²) in [5.41, 5.74) is 4.86. The predicted octanol–water partition coefficient (Wildman–Crippen LogP) is 4.22. The standard InChI is InChI=1S/C30H31F2N5O2S/c1-35-8-10-37(11-9-35)23-5-2-4-21(16-23)29-19-33-28-7-3-6-24(30(28)34-29)22-17-26(31)25(27(32)18-22)20-36-12-14-40(38,39)15-13-36/h2-7,16-19H,8-15,20H2,1H3. The van der Waals surface area contributed by atoms with Crippen LogP contribution in [0, 0.1) is 11.6 Å². The number of hydrogen-bond acceptors (Lipinski definition) is 7. The first-order chi connectivity index (χ1) is 19.3. The third kappa shape index (κ3) is 5.56. The largest absolute Gasteiger partial charge is 0.369 e. The quantitative estimate of drug-likeness (QED) is 0.360. The molecule has 7 nitrogen and oxygen atoms in total. The molecule has 0 saturated carbocycles. The maximum Gasteiger partial charge on any atom is 0.152 e. The van der Waals surface area contributed by atoms with Gasteiger partial charge < -0.3 is 9.80 Å². The first-order valence-electron chi connectivity index (χ1n) is 13.5. The molecule has 0 aliphatic carbocycles. The molecule has 0 radical (unpaired) electrons. The van der Waals surface area contributed by atoms with Gasteiger partial charge in [0.25, 0.3) is 0 Å². The highest BCUT2D eigenvalue weighted by Gasteiger charge is 2.24. The van der Waals surface area contributed by atoms with Crippen molar-refractivity contribution >= 4 is 26.6 Å². The van der Waals surface area contributed by atoms with E-state index < -0.39 is 21.5 Å². The van der Waals surface area contributed by atoms with Crippen LogP contribution in [-0.4, -0.2) is 86.0 Å². The molecule has 0 unspecified atom stereocenters. The van der Waals surface area contributed by atoms with Gasteiger partial charge in [0, 0.05) is 68.2 Å². The van der Waals surface area contributed by atoms with E-state index in [4.69, 9.17) is 4.98 Å². The zero-order valence-electron chi connectivity index (χ0n) is 22.4. The van der Waals surface area contributed by atoms with E-state index in [1.165, 1.54) is 12.1 Å². The van der Waals surface area contributed by atoms with Crippen LogP contribution >= 0.6 is 0 Å². The lowest BCUT2D eigenvalue weighted by Crippen LogP contribution is -2.44. The molecule has 0 spiro atoms. The Balaban J connectivity index is 1.31. The Labute approximate surface area is 233 Å². The van der Waals surface area contributed by atoms with Crippen molar-refractivity contribution in [3.05, 3.63) is 78.0 Å². The van der Waals surface area contributed by atoms with Crippen molar-refractivity contribution in [2.75, 3.05) is 62.7 Å². The average molecular weight is 564 g/mol. The molecule has 1 aromatic heterocycles. The van der Waals surface area contributed by atoms with Gasteiger partial charge in [-0.15, -0.1) is 0 Å². The Morgan fingerprint density at radius 2 is 1.55 bits per heavy atom. The third-order valence-electron chi connectivity index (χ3n) is 7.85. The van der Waals surface area contributed by atoms with Crippen molar-refractivity contribution in [2.45, 2.75) is 6.54 Å². The fraction of sp³-hybridized carbons (Fsp3) is 0.333. The van der Waals surface area contributed by atoms with Crippen molar-refractivity contribution in [2.24, 2.45) is 0 Å². The number of piperazine rings is 1. The van der Waals surface area contributed by atoms with E-state index in [1.54, 1.807) is 23.2 Å². The maximum atomic E-state index is 15.3. The second-order valence-corrected chi connectivity index (χ2v) is 12.9. The molecule has 0 bridgehead atoms. The molecule has 4 aromatic rings. The number of aromatic nitrogens is 2. The van der Waals surface area contributed by atoms with Gasteiger partial charge in [-0.3, -0.25) is 9.88 Å². The SMILES string of the molecule is CN1CCN(c2cccc(-c3cnc4cccc(-c5cc(F)c(CN6CCS(=O)(=O)CC6)c(F)c5)c4n3)c2)CC1. The van der Waals surface area contributed by atoms with Crippen LogP contribution in [0.1, 0.15) is 5.56 Å². The van der Waals surface area contributed by atoms with Gasteiger partial charge in [0.2, 0.25) is 0 Å². The van der Waals surface area contributed by atoms with E-state index in [0.717, 1.165) is 37.4 Å². The van der Waals surface area contributed by atoms with Crippen LogP contribution < -0.4 is 4.90 Å².